The van der Waals surface area contributed by atoms with E-state index in [9.17, 15) is 9.59 Å². The minimum Gasteiger partial charge on any atom is -0.398 e. The minimum absolute atomic E-state index is 0. The van der Waals surface area contributed by atoms with Crippen molar-refractivity contribution in [2.45, 2.75) is 65.1 Å². The molecule has 4 rings (SSSR count). The molecule has 0 atom stereocenters. The maximum absolute atomic E-state index is 13.1. The second kappa shape index (κ2) is 10.8. The summed E-state index contributed by atoms with van der Waals surface area (Å²) < 4.78 is 1.74. The Morgan fingerprint density at radius 1 is 1.20 bits per heavy atom. The molecule has 3 aromatic rings. The first kappa shape index (κ1) is 24.5. The predicted octanol–water partition coefficient (Wildman–Crippen LogP) is 4.66. The van der Waals surface area contributed by atoms with Crippen molar-refractivity contribution in [2.24, 2.45) is 5.73 Å². The van der Waals surface area contributed by atoms with Gasteiger partial charge >= 0.3 is 0 Å². The number of hydrogen-bond donors (Lipinski definition) is 2. The lowest BCUT2D eigenvalue weighted by Gasteiger charge is -2.17. The highest BCUT2D eigenvalue weighted by Gasteiger charge is 2.20. The minimum atomic E-state index is -0.304. The van der Waals surface area contributed by atoms with Gasteiger partial charge < -0.3 is 15.6 Å². The third-order valence-electron chi connectivity index (χ3n) is 6.50. The van der Waals surface area contributed by atoms with Crippen LogP contribution < -0.4 is 16.6 Å². The van der Waals surface area contributed by atoms with Crippen molar-refractivity contribution in [2.75, 3.05) is 0 Å². The van der Waals surface area contributed by atoms with E-state index in [4.69, 9.17) is 5.73 Å². The van der Waals surface area contributed by atoms with Crippen molar-refractivity contribution in [1.82, 2.24) is 19.9 Å². The SMILES string of the molecule is CCC(CC)n1cc(-c2cnc(C)c(C(=O)C=C(N)c3ccc(CNC4CC4)cc3)n2)ccc1=O.[HH]. The highest BCUT2D eigenvalue weighted by Crippen LogP contribution is 2.22. The van der Waals surface area contributed by atoms with Gasteiger partial charge in [0.15, 0.2) is 0 Å². The van der Waals surface area contributed by atoms with Gasteiger partial charge in [0, 0.05) is 49.7 Å². The molecule has 1 aliphatic rings. The molecule has 0 bridgehead atoms. The molecule has 0 radical (unpaired) electrons. The molecule has 0 aliphatic heterocycles. The van der Waals surface area contributed by atoms with Crippen LogP contribution in [0.5, 0.6) is 0 Å². The number of rotatable bonds is 10. The van der Waals surface area contributed by atoms with E-state index in [2.05, 4.69) is 29.1 Å². The smallest absolute Gasteiger partial charge is 0.250 e. The van der Waals surface area contributed by atoms with Gasteiger partial charge in [0.1, 0.15) is 5.69 Å². The summed E-state index contributed by atoms with van der Waals surface area (Å²) in [4.78, 5) is 34.5. The van der Waals surface area contributed by atoms with Gasteiger partial charge in [0.2, 0.25) is 5.78 Å². The normalized spacial score (nSPS) is 13.9. The summed E-state index contributed by atoms with van der Waals surface area (Å²) in [5.41, 5.74) is 10.6. The number of carbonyl (C=O) groups excluding carboxylic acids is 1. The van der Waals surface area contributed by atoms with E-state index in [1.54, 1.807) is 36.0 Å². The Bertz CT molecular complexity index is 1290. The van der Waals surface area contributed by atoms with Gasteiger partial charge in [-0.25, -0.2) is 4.98 Å². The Morgan fingerprint density at radius 3 is 2.57 bits per heavy atom. The molecule has 0 amide bonds. The molecule has 184 valence electrons. The van der Waals surface area contributed by atoms with Crippen LogP contribution in [-0.2, 0) is 6.54 Å². The van der Waals surface area contributed by atoms with Crippen LogP contribution in [0, 0.1) is 6.92 Å². The van der Waals surface area contributed by atoms with Crippen molar-refractivity contribution < 1.29 is 6.22 Å². The van der Waals surface area contributed by atoms with Gasteiger partial charge in [-0.1, -0.05) is 38.1 Å². The number of hydrogen-bond acceptors (Lipinski definition) is 6. The summed E-state index contributed by atoms with van der Waals surface area (Å²) in [7, 11) is 0. The van der Waals surface area contributed by atoms with Crippen molar-refractivity contribution >= 4 is 11.5 Å². The highest BCUT2D eigenvalue weighted by atomic mass is 16.1. The standard InChI is InChI=1S/C28H33N5O2.H2/c1-4-23(5-2)33-17-21(10-13-27(33)35)25-16-30-18(3)28(32-25)26(34)14-24(29)20-8-6-19(7-9-20)15-31-22-11-12-22;/h6-10,13-14,16-17,22-23,31H,4-5,11-12,15,29H2,1-3H3;1H. The van der Waals surface area contributed by atoms with E-state index < -0.39 is 0 Å². The Balaban J connectivity index is 0.00000361. The molecular formula is C28H35N5O2. The molecule has 1 aromatic carbocycles. The van der Waals surface area contributed by atoms with Gasteiger partial charge in [0.25, 0.3) is 5.56 Å². The van der Waals surface area contributed by atoms with E-state index in [1.807, 2.05) is 24.3 Å². The van der Waals surface area contributed by atoms with Crippen LogP contribution in [0.4, 0.5) is 0 Å². The second-order valence-corrected chi connectivity index (χ2v) is 9.14. The number of benzene rings is 1. The molecule has 35 heavy (non-hydrogen) atoms. The molecule has 3 N–H and O–H groups in total. The second-order valence-electron chi connectivity index (χ2n) is 9.14. The molecule has 7 heteroatoms. The molecular weight excluding hydrogens is 438 g/mol. The molecule has 0 unspecified atom stereocenters. The Morgan fingerprint density at radius 2 is 1.91 bits per heavy atom. The summed E-state index contributed by atoms with van der Waals surface area (Å²) in [6.07, 6.45) is 9.05. The van der Waals surface area contributed by atoms with E-state index in [0.29, 0.717) is 23.1 Å². The summed E-state index contributed by atoms with van der Waals surface area (Å²) in [5, 5.41) is 3.49. The van der Waals surface area contributed by atoms with Gasteiger partial charge in [0.05, 0.1) is 17.6 Å². The largest absolute Gasteiger partial charge is 0.398 e. The molecule has 1 fully saturated rings. The average Bonchev–Trinajstić information content (AvgIpc) is 3.70. The summed E-state index contributed by atoms with van der Waals surface area (Å²) in [5.74, 6) is -0.304. The zero-order valence-corrected chi connectivity index (χ0v) is 20.6. The number of carbonyl (C=O) groups is 1. The summed E-state index contributed by atoms with van der Waals surface area (Å²) >= 11 is 0. The average molecular weight is 474 g/mol. The third-order valence-corrected chi connectivity index (χ3v) is 6.50. The topological polar surface area (TPSA) is 103 Å². The molecule has 0 spiro atoms. The number of allylic oxidation sites excluding steroid dienone is 1. The summed E-state index contributed by atoms with van der Waals surface area (Å²) in [6.45, 7) is 6.71. The van der Waals surface area contributed by atoms with E-state index >= 15 is 0 Å². The quantitative estimate of drug-likeness (QED) is 0.328. The molecule has 2 heterocycles. The van der Waals surface area contributed by atoms with Crippen LogP contribution in [0.2, 0.25) is 0 Å². The Labute approximate surface area is 207 Å². The van der Waals surface area contributed by atoms with E-state index in [0.717, 1.165) is 30.5 Å². The Kier molecular flexibility index (Phi) is 7.56. The molecule has 0 saturated heterocycles. The Hall–Kier alpha value is -3.58. The van der Waals surface area contributed by atoms with E-state index in [1.165, 1.54) is 24.5 Å². The number of nitrogens with two attached hydrogens (primary N) is 1. The summed E-state index contributed by atoms with van der Waals surface area (Å²) in [6, 6.07) is 11.9. The number of pyridine rings is 1. The first-order valence-corrected chi connectivity index (χ1v) is 12.3. The van der Waals surface area contributed by atoms with Gasteiger partial charge in [-0.15, -0.1) is 0 Å². The maximum atomic E-state index is 13.1. The van der Waals surface area contributed by atoms with Crippen LogP contribution in [0.25, 0.3) is 17.0 Å². The lowest BCUT2D eigenvalue weighted by atomic mass is 10.1. The van der Waals surface area contributed by atoms with Crippen molar-refractivity contribution in [3.05, 3.63) is 87.7 Å². The van der Waals surface area contributed by atoms with Crippen LogP contribution in [0.3, 0.4) is 0 Å². The van der Waals surface area contributed by atoms with Crippen LogP contribution in [-0.4, -0.2) is 26.4 Å². The highest BCUT2D eigenvalue weighted by molar-refractivity contribution is 6.07. The third kappa shape index (κ3) is 5.92. The van der Waals surface area contributed by atoms with Gasteiger partial charge in [-0.05, 0) is 49.8 Å². The number of aryl methyl sites for hydroxylation is 1. The van der Waals surface area contributed by atoms with Crippen molar-refractivity contribution in [3.63, 3.8) is 0 Å². The first-order valence-electron chi connectivity index (χ1n) is 12.3. The fourth-order valence-corrected chi connectivity index (χ4v) is 4.10. The van der Waals surface area contributed by atoms with Crippen molar-refractivity contribution in [1.29, 1.82) is 0 Å². The number of nitrogens with one attached hydrogen (secondary N) is 1. The predicted molar refractivity (Wildman–Crippen MR) is 141 cm³/mol. The maximum Gasteiger partial charge on any atom is 0.250 e. The van der Waals surface area contributed by atoms with Gasteiger partial charge in [-0.2, -0.15) is 0 Å². The van der Waals surface area contributed by atoms with Gasteiger partial charge in [-0.3, -0.25) is 14.6 Å². The van der Waals surface area contributed by atoms with E-state index in [-0.39, 0.29) is 24.5 Å². The van der Waals surface area contributed by atoms with Crippen LogP contribution in [0.15, 0.2) is 59.7 Å². The lowest BCUT2D eigenvalue weighted by Crippen LogP contribution is -2.23. The molecule has 1 aliphatic carbocycles. The van der Waals surface area contributed by atoms with Crippen LogP contribution >= 0.6 is 0 Å². The molecule has 2 aromatic heterocycles. The lowest BCUT2D eigenvalue weighted by molar-refractivity contribution is 0.104. The van der Waals surface area contributed by atoms with Crippen LogP contribution in [0.1, 0.15) is 74.3 Å². The zero-order valence-electron chi connectivity index (χ0n) is 20.6. The fraction of sp³-hybridized carbons (Fsp3) is 0.357. The van der Waals surface area contributed by atoms with Crippen molar-refractivity contribution in [3.8, 4) is 11.3 Å². The number of aromatic nitrogens is 3. The number of ketones is 1. The number of nitrogens with zero attached hydrogens (tertiary/aromatic N) is 3. The zero-order chi connectivity index (χ0) is 24.9. The first-order chi connectivity index (χ1) is 16.9. The monoisotopic (exact) mass is 473 g/mol. The molecule has 1 saturated carbocycles. The molecule has 7 nitrogen and oxygen atoms in total. The fourth-order valence-electron chi connectivity index (χ4n) is 4.10.